The number of nitrogens with zero attached hydrogens (tertiary/aromatic N) is 3. The van der Waals surface area contributed by atoms with E-state index in [4.69, 9.17) is 21.9 Å². The van der Waals surface area contributed by atoms with Crippen LogP contribution in [0.1, 0.15) is 31.5 Å². The summed E-state index contributed by atoms with van der Waals surface area (Å²) in [6, 6.07) is 7.45. The summed E-state index contributed by atoms with van der Waals surface area (Å²) in [5.74, 6) is 1.02. The Kier molecular flexibility index (Phi) is 4.27. The highest BCUT2D eigenvalue weighted by atomic mass is 35.5. The molecule has 0 radical (unpaired) electrons. The molecule has 1 aliphatic rings. The number of rotatable bonds is 2. The Bertz CT molecular complexity index is 843. The van der Waals surface area contributed by atoms with Crippen LogP contribution in [0, 0.1) is 0 Å². The lowest BCUT2D eigenvalue weighted by Crippen LogP contribution is -2.34. The van der Waals surface area contributed by atoms with Crippen LogP contribution in [0.15, 0.2) is 35.0 Å². The minimum absolute atomic E-state index is 0. The van der Waals surface area contributed by atoms with Gasteiger partial charge in [0.05, 0.1) is 21.6 Å². The van der Waals surface area contributed by atoms with E-state index in [0.29, 0.717) is 16.7 Å². The van der Waals surface area contributed by atoms with Crippen LogP contribution in [0.3, 0.4) is 0 Å². The molecule has 1 saturated carbocycles. The minimum Gasteiger partial charge on any atom is -0.334 e. The number of halogens is 2. The third-order valence-electron chi connectivity index (χ3n) is 4.31. The van der Waals surface area contributed by atoms with Crippen molar-refractivity contribution in [1.82, 2.24) is 15.1 Å². The molecule has 5 nitrogen and oxygen atoms in total. The van der Waals surface area contributed by atoms with Crippen LogP contribution in [-0.4, -0.2) is 15.1 Å². The second kappa shape index (κ2) is 6.07. The van der Waals surface area contributed by atoms with E-state index in [1.807, 2.05) is 24.3 Å². The maximum absolute atomic E-state index is 6.39. The van der Waals surface area contributed by atoms with Gasteiger partial charge < -0.3 is 10.3 Å². The number of aromatic nitrogens is 3. The summed E-state index contributed by atoms with van der Waals surface area (Å²) < 4.78 is 5.45. The first-order valence-electron chi connectivity index (χ1n) is 7.34. The number of fused-ring (bicyclic) bond motifs is 1. The van der Waals surface area contributed by atoms with E-state index in [2.05, 4.69) is 15.1 Å². The molecule has 0 amide bonds. The summed E-state index contributed by atoms with van der Waals surface area (Å²) in [5.41, 5.74) is 7.46. The van der Waals surface area contributed by atoms with Crippen molar-refractivity contribution in [2.45, 2.75) is 31.2 Å². The van der Waals surface area contributed by atoms with E-state index < -0.39 is 5.54 Å². The van der Waals surface area contributed by atoms with E-state index in [-0.39, 0.29) is 12.4 Å². The second-order valence-electron chi connectivity index (χ2n) is 5.78. The molecule has 1 aliphatic carbocycles. The molecule has 4 rings (SSSR count). The average molecular weight is 351 g/mol. The fourth-order valence-corrected chi connectivity index (χ4v) is 3.29. The first-order valence-corrected chi connectivity index (χ1v) is 7.72. The van der Waals surface area contributed by atoms with Crippen molar-refractivity contribution in [2.24, 2.45) is 5.73 Å². The van der Waals surface area contributed by atoms with Gasteiger partial charge >= 0.3 is 0 Å². The molecule has 3 aromatic rings. The Labute approximate surface area is 144 Å². The number of nitrogens with two attached hydrogens (primary N) is 1. The molecule has 23 heavy (non-hydrogen) atoms. The zero-order valence-electron chi connectivity index (χ0n) is 12.3. The van der Waals surface area contributed by atoms with Crippen LogP contribution in [-0.2, 0) is 5.54 Å². The Hall–Kier alpha value is -1.69. The zero-order valence-corrected chi connectivity index (χ0v) is 13.9. The van der Waals surface area contributed by atoms with E-state index in [1.54, 1.807) is 6.20 Å². The second-order valence-corrected chi connectivity index (χ2v) is 6.19. The predicted octanol–water partition coefficient (Wildman–Crippen LogP) is 4.09. The quantitative estimate of drug-likeness (QED) is 0.752. The number of benzene rings is 1. The largest absolute Gasteiger partial charge is 0.334 e. The van der Waals surface area contributed by atoms with Gasteiger partial charge in [-0.15, -0.1) is 12.4 Å². The van der Waals surface area contributed by atoms with Crippen molar-refractivity contribution in [3.63, 3.8) is 0 Å². The van der Waals surface area contributed by atoms with Crippen molar-refractivity contribution in [2.75, 3.05) is 0 Å². The predicted molar refractivity (Wildman–Crippen MR) is 91.6 cm³/mol. The van der Waals surface area contributed by atoms with Gasteiger partial charge in [-0.05, 0) is 37.1 Å². The monoisotopic (exact) mass is 350 g/mol. The molecule has 0 spiro atoms. The van der Waals surface area contributed by atoms with Crippen molar-refractivity contribution >= 4 is 34.9 Å². The number of hydrogen-bond acceptors (Lipinski definition) is 5. The average Bonchev–Trinajstić information content (AvgIpc) is 3.18. The summed E-state index contributed by atoms with van der Waals surface area (Å²) in [6.45, 7) is 0. The minimum atomic E-state index is -0.461. The summed E-state index contributed by atoms with van der Waals surface area (Å²) >= 11 is 6.22. The molecule has 2 aromatic heterocycles. The topological polar surface area (TPSA) is 77.8 Å². The van der Waals surface area contributed by atoms with Crippen molar-refractivity contribution in [3.8, 4) is 11.5 Å². The molecule has 0 unspecified atom stereocenters. The lowest BCUT2D eigenvalue weighted by molar-refractivity contribution is 0.373. The molecular weight excluding hydrogens is 335 g/mol. The van der Waals surface area contributed by atoms with Crippen LogP contribution in [0.5, 0.6) is 0 Å². The van der Waals surface area contributed by atoms with E-state index in [9.17, 15) is 0 Å². The van der Waals surface area contributed by atoms with Gasteiger partial charge in [0.2, 0.25) is 0 Å². The van der Waals surface area contributed by atoms with Gasteiger partial charge in [0, 0.05) is 11.6 Å². The van der Waals surface area contributed by atoms with E-state index in [1.165, 1.54) is 0 Å². The lowest BCUT2D eigenvalue weighted by atomic mass is 9.98. The molecule has 0 saturated heterocycles. The summed E-state index contributed by atoms with van der Waals surface area (Å²) in [5, 5.41) is 5.62. The van der Waals surface area contributed by atoms with Gasteiger partial charge in [0.25, 0.3) is 5.89 Å². The number of hydrogen-bond donors (Lipinski definition) is 1. The molecule has 0 atom stereocenters. The molecule has 0 aliphatic heterocycles. The van der Waals surface area contributed by atoms with Gasteiger partial charge in [-0.3, -0.25) is 4.98 Å². The van der Waals surface area contributed by atoms with Crippen LogP contribution in [0.4, 0.5) is 0 Å². The third kappa shape index (κ3) is 2.69. The van der Waals surface area contributed by atoms with Gasteiger partial charge in [-0.1, -0.05) is 29.6 Å². The maximum atomic E-state index is 6.39. The lowest BCUT2D eigenvalue weighted by Gasteiger charge is -2.17. The normalized spacial score (nSPS) is 16.4. The Morgan fingerprint density at radius 1 is 1.17 bits per heavy atom. The third-order valence-corrected chi connectivity index (χ3v) is 4.64. The van der Waals surface area contributed by atoms with Crippen molar-refractivity contribution < 1.29 is 4.52 Å². The molecule has 2 heterocycles. The highest BCUT2D eigenvalue weighted by Gasteiger charge is 2.36. The van der Waals surface area contributed by atoms with Crippen molar-refractivity contribution in [3.05, 3.63) is 41.3 Å². The van der Waals surface area contributed by atoms with Crippen LogP contribution in [0.25, 0.3) is 22.4 Å². The molecule has 120 valence electrons. The smallest absolute Gasteiger partial charge is 0.260 e. The first-order chi connectivity index (χ1) is 10.7. The Morgan fingerprint density at radius 2 is 1.96 bits per heavy atom. The van der Waals surface area contributed by atoms with Gasteiger partial charge in [-0.2, -0.15) is 4.98 Å². The van der Waals surface area contributed by atoms with Gasteiger partial charge in [0.1, 0.15) is 0 Å². The SMILES string of the molecule is Cl.NC1(c2noc(-c3ccc(Cl)c4cccnc34)n2)CCCC1. The van der Waals surface area contributed by atoms with Gasteiger partial charge in [0.15, 0.2) is 5.82 Å². The highest BCUT2D eigenvalue weighted by molar-refractivity contribution is 6.35. The fraction of sp³-hybridized carbons (Fsp3) is 0.312. The van der Waals surface area contributed by atoms with E-state index in [0.717, 1.165) is 42.1 Å². The highest BCUT2D eigenvalue weighted by Crippen LogP contribution is 2.36. The summed E-state index contributed by atoms with van der Waals surface area (Å²) in [6.07, 6.45) is 5.72. The molecule has 7 heteroatoms. The first kappa shape index (κ1) is 16.2. The van der Waals surface area contributed by atoms with Crippen LogP contribution < -0.4 is 5.73 Å². The molecule has 1 aromatic carbocycles. The Balaban J connectivity index is 0.00000156. The maximum Gasteiger partial charge on any atom is 0.260 e. The summed E-state index contributed by atoms with van der Waals surface area (Å²) in [4.78, 5) is 8.93. The summed E-state index contributed by atoms with van der Waals surface area (Å²) in [7, 11) is 0. The molecule has 0 bridgehead atoms. The Morgan fingerprint density at radius 3 is 2.74 bits per heavy atom. The fourth-order valence-electron chi connectivity index (χ4n) is 3.08. The molecule has 1 fully saturated rings. The van der Waals surface area contributed by atoms with Gasteiger partial charge in [-0.25, -0.2) is 0 Å². The van der Waals surface area contributed by atoms with Crippen LogP contribution in [0.2, 0.25) is 5.02 Å². The van der Waals surface area contributed by atoms with E-state index >= 15 is 0 Å². The number of pyridine rings is 1. The standard InChI is InChI=1S/C16H15ClN4O.ClH/c17-12-6-5-11(13-10(12)4-3-9-19-13)14-20-15(21-22-14)16(18)7-1-2-8-16;/h3-6,9H,1-2,7-8,18H2;1H. The molecule has 2 N–H and O–H groups in total. The zero-order chi connectivity index (χ0) is 15.2. The van der Waals surface area contributed by atoms with Crippen molar-refractivity contribution in [1.29, 1.82) is 0 Å². The molecular formula is C16H16Cl2N4O. The van der Waals surface area contributed by atoms with Crippen LogP contribution >= 0.6 is 24.0 Å².